The van der Waals surface area contributed by atoms with Gasteiger partial charge in [0.2, 0.25) is 0 Å². The Morgan fingerprint density at radius 2 is 1.72 bits per heavy atom. The number of rotatable bonds is 9. The molecule has 0 radical (unpaired) electrons. The van der Waals surface area contributed by atoms with Gasteiger partial charge < -0.3 is 9.40 Å². The van der Waals surface area contributed by atoms with E-state index in [0.717, 1.165) is 45.6 Å². The summed E-state index contributed by atoms with van der Waals surface area (Å²) in [6, 6.07) is 19.9. The van der Waals surface area contributed by atoms with Crippen LogP contribution in [0.2, 0.25) is 0 Å². The van der Waals surface area contributed by atoms with Gasteiger partial charge in [-0.1, -0.05) is 67.5 Å². The van der Waals surface area contributed by atoms with E-state index >= 15 is 0 Å². The first-order valence-electron chi connectivity index (χ1n) is 12.1. The third-order valence-corrected chi connectivity index (χ3v) is 6.38. The Hall–Kier alpha value is -3.80. The van der Waals surface area contributed by atoms with Crippen molar-refractivity contribution < 1.29 is 18.4 Å². The van der Waals surface area contributed by atoms with E-state index in [0.29, 0.717) is 24.1 Å². The number of benzene rings is 3. The molecule has 0 amide bonds. The Balaban J connectivity index is 1.82. The quantitative estimate of drug-likeness (QED) is 0.141. The van der Waals surface area contributed by atoms with Crippen molar-refractivity contribution in [3.63, 3.8) is 0 Å². The van der Waals surface area contributed by atoms with Gasteiger partial charge in [0, 0.05) is 40.7 Å². The summed E-state index contributed by atoms with van der Waals surface area (Å²) in [4.78, 5) is 18.6. The molecular formula is C30H30F2N2O2. The number of Topliss-reactive ketones (excluding diaryl/α,β-unsaturated/α-hetero) is 1. The van der Waals surface area contributed by atoms with Gasteiger partial charge >= 0.3 is 0 Å². The van der Waals surface area contributed by atoms with Gasteiger partial charge in [-0.25, -0.2) is 8.78 Å². The fraction of sp³-hybridized carbons (Fsp3) is 0.267. The molecular weight excluding hydrogens is 458 g/mol. The first kappa shape index (κ1) is 25.3. The molecule has 4 aromatic rings. The van der Waals surface area contributed by atoms with E-state index < -0.39 is 11.6 Å². The second kappa shape index (κ2) is 10.9. The van der Waals surface area contributed by atoms with Crippen LogP contribution in [-0.2, 0) is 17.8 Å². The number of hydrogen-bond acceptors (Lipinski definition) is 3. The Kier molecular flexibility index (Phi) is 7.63. The Bertz CT molecular complexity index is 1420. The van der Waals surface area contributed by atoms with Crippen molar-refractivity contribution in [3.05, 3.63) is 106 Å². The summed E-state index contributed by atoms with van der Waals surface area (Å²) in [7, 11) is 1.51. The molecule has 4 nitrogen and oxygen atoms in total. The highest BCUT2D eigenvalue weighted by Crippen LogP contribution is 2.34. The van der Waals surface area contributed by atoms with Crippen molar-refractivity contribution in [2.45, 2.75) is 46.1 Å². The zero-order valence-electron chi connectivity index (χ0n) is 21.0. The van der Waals surface area contributed by atoms with Crippen LogP contribution in [0.4, 0.5) is 8.78 Å². The molecule has 0 aliphatic rings. The van der Waals surface area contributed by atoms with Crippen molar-refractivity contribution >= 4 is 22.4 Å². The maximum Gasteiger partial charge on any atom is 0.165 e. The average molecular weight is 489 g/mol. The zero-order valence-corrected chi connectivity index (χ0v) is 21.0. The van der Waals surface area contributed by atoms with E-state index in [9.17, 15) is 13.6 Å². The number of aromatic nitrogens is 1. The molecule has 0 saturated carbocycles. The van der Waals surface area contributed by atoms with Crippen LogP contribution in [-0.4, -0.2) is 23.2 Å². The Labute approximate surface area is 210 Å². The average Bonchev–Trinajstić information content (AvgIpc) is 3.19. The second-order valence-electron chi connectivity index (χ2n) is 9.25. The van der Waals surface area contributed by atoms with E-state index in [1.807, 2.05) is 43.3 Å². The van der Waals surface area contributed by atoms with Crippen LogP contribution < -0.4 is 0 Å². The van der Waals surface area contributed by atoms with E-state index in [1.54, 1.807) is 0 Å². The van der Waals surface area contributed by atoms with Crippen molar-refractivity contribution in [1.82, 2.24) is 4.57 Å². The molecule has 36 heavy (non-hydrogen) atoms. The highest BCUT2D eigenvalue weighted by molar-refractivity contribution is 6.11. The monoisotopic (exact) mass is 488 g/mol. The minimum absolute atomic E-state index is 0.0183. The predicted octanol–water partition coefficient (Wildman–Crippen LogP) is 7.28. The lowest BCUT2D eigenvalue weighted by Gasteiger charge is -2.15. The summed E-state index contributed by atoms with van der Waals surface area (Å²) in [5, 5.41) is 4.95. The molecule has 0 saturated heterocycles. The third kappa shape index (κ3) is 5.23. The lowest BCUT2D eigenvalue weighted by atomic mass is 9.95. The predicted molar refractivity (Wildman–Crippen MR) is 140 cm³/mol. The number of carbonyl (C=O) groups excluding carboxylic acids is 1. The molecule has 0 aliphatic heterocycles. The molecule has 0 N–H and O–H groups in total. The fourth-order valence-corrected chi connectivity index (χ4v) is 4.69. The third-order valence-electron chi connectivity index (χ3n) is 6.38. The molecule has 0 unspecified atom stereocenters. The van der Waals surface area contributed by atoms with Crippen LogP contribution in [0.15, 0.2) is 71.9 Å². The summed E-state index contributed by atoms with van der Waals surface area (Å²) in [6.07, 6.45) is 0.526. The number of ketones is 1. The van der Waals surface area contributed by atoms with Crippen molar-refractivity contribution in [2.75, 3.05) is 7.11 Å². The molecule has 0 spiro atoms. The summed E-state index contributed by atoms with van der Waals surface area (Å²) in [5.74, 6) is -1.72. The van der Waals surface area contributed by atoms with Gasteiger partial charge in [-0.2, -0.15) is 0 Å². The van der Waals surface area contributed by atoms with Gasteiger partial charge in [0.1, 0.15) is 7.11 Å². The van der Waals surface area contributed by atoms with Crippen LogP contribution in [0, 0.1) is 11.6 Å². The number of oxime groups is 1. The van der Waals surface area contributed by atoms with Gasteiger partial charge in [0.05, 0.1) is 5.71 Å². The zero-order chi connectivity index (χ0) is 25.8. The van der Waals surface area contributed by atoms with Gasteiger partial charge in [-0.3, -0.25) is 4.79 Å². The standard InChI is InChI=1S/C30H30F2N2O2/c1-19(2)30-29(28(35)15-11-21-10-14-25(31)26(32)16-21)24-13-12-23(20(3)33-36-4)17-27(24)34(30)18-22-8-6-5-7-9-22/h5-10,12-14,16-17,19H,11,15,18H2,1-4H3/b33-20+. The Morgan fingerprint density at radius 1 is 0.972 bits per heavy atom. The van der Waals surface area contributed by atoms with Crippen LogP contribution in [0.1, 0.15) is 65.9 Å². The molecule has 3 aromatic carbocycles. The number of fused-ring (bicyclic) bond motifs is 1. The van der Waals surface area contributed by atoms with Crippen LogP contribution in [0.5, 0.6) is 0 Å². The van der Waals surface area contributed by atoms with E-state index in [-0.39, 0.29) is 18.1 Å². The van der Waals surface area contributed by atoms with Gasteiger partial charge in [-0.05, 0) is 48.6 Å². The van der Waals surface area contributed by atoms with E-state index in [1.165, 1.54) is 13.2 Å². The number of halogens is 2. The van der Waals surface area contributed by atoms with Crippen LogP contribution >= 0.6 is 0 Å². The largest absolute Gasteiger partial charge is 0.399 e. The molecule has 6 heteroatoms. The summed E-state index contributed by atoms with van der Waals surface area (Å²) < 4.78 is 29.2. The Morgan fingerprint density at radius 3 is 2.39 bits per heavy atom. The van der Waals surface area contributed by atoms with Crippen LogP contribution in [0.3, 0.4) is 0 Å². The van der Waals surface area contributed by atoms with Crippen LogP contribution in [0.25, 0.3) is 10.9 Å². The minimum atomic E-state index is -0.900. The summed E-state index contributed by atoms with van der Waals surface area (Å²) in [5.41, 5.74) is 5.96. The number of carbonyl (C=O) groups is 1. The maximum atomic E-state index is 13.7. The minimum Gasteiger partial charge on any atom is -0.399 e. The first-order chi connectivity index (χ1) is 17.3. The topological polar surface area (TPSA) is 43.6 Å². The molecule has 0 fully saturated rings. The van der Waals surface area contributed by atoms with Crippen molar-refractivity contribution in [3.8, 4) is 0 Å². The van der Waals surface area contributed by atoms with Crippen molar-refractivity contribution in [2.24, 2.45) is 5.16 Å². The fourth-order valence-electron chi connectivity index (χ4n) is 4.69. The van der Waals surface area contributed by atoms with Gasteiger partial charge in [0.15, 0.2) is 17.4 Å². The number of aryl methyl sites for hydroxylation is 1. The lowest BCUT2D eigenvalue weighted by Crippen LogP contribution is -2.11. The first-order valence-corrected chi connectivity index (χ1v) is 12.1. The van der Waals surface area contributed by atoms with E-state index in [4.69, 9.17) is 4.84 Å². The molecule has 1 aromatic heterocycles. The summed E-state index contributed by atoms with van der Waals surface area (Å²) in [6.45, 7) is 6.67. The number of hydrogen-bond donors (Lipinski definition) is 0. The number of nitrogens with zero attached hydrogens (tertiary/aromatic N) is 2. The highest BCUT2D eigenvalue weighted by atomic mass is 19.2. The molecule has 186 valence electrons. The molecule has 0 bridgehead atoms. The second-order valence-corrected chi connectivity index (χ2v) is 9.25. The van der Waals surface area contributed by atoms with Gasteiger partial charge in [-0.15, -0.1) is 0 Å². The molecule has 1 heterocycles. The van der Waals surface area contributed by atoms with E-state index in [2.05, 4.69) is 35.7 Å². The molecule has 4 rings (SSSR count). The van der Waals surface area contributed by atoms with Crippen molar-refractivity contribution in [1.29, 1.82) is 0 Å². The lowest BCUT2D eigenvalue weighted by molar-refractivity contribution is 0.0983. The molecule has 0 aliphatic carbocycles. The SMILES string of the molecule is CO/N=C(\C)c1ccc2c(C(=O)CCc3ccc(F)c(F)c3)c(C(C)C)n(Cc3ccccc3)c2c1. The smallest absolute Gasteiger partial charge is 0.165 e. The normalized spacial score (nSPS) is 11.9. The van der Waals surface area contributed by atoms with Gasteiger partial charge in [0.25, 0.3) is 0 Å². The summed E-state index contributed by atoms with van der Waals surface area (Å²) >= 11 is 0. The molecule has 0 atom stereocenters. The maximum absolute atomic E-state index is 13.7. The highest BCUT2D eigenvalue weighted by Gasteiger charge is 2.25.